The highest BCUT2D eigenvalue weighted by molar-refractivity contribution is 7.89. The Labute approximate surface area is 147 Å². The van der Waals surface area contributed by atoms with E-state index in [4.69, 9.17) is 21.4 Å². The molecule has 0 aliphatic heterocycles. The molecule has 3 N–H and O–H groups in total. The van der Waals surface area contributed by atoms with Crippen LogP contribution < -0.4 is 14.8 Å². The summed E-state index contributed by atoms with van der Waals surface area (Å²) < 4.78 is 31.9. The second-order valence-electron chi connectivity index (χ2n) is 5.06. The molecule has 0 unspecified atom stereocenters. The van der Waals surface area contributed by atoms with Crippen LogP contribution in [0.4, 0.5) is 0 Å². The van der Waals surface area contributed by atoms with Gasteiger partial charge in [0.05, 0.1) is 9.92 Å². The van der Waals surface area contributed by atoms with Crippen molar-refractivity contribution in [2.24, 2.45) is 0 Å². The highest BCUT2D eigenvalue weighted by atomic mass is 35.5. The van der Waals surface area contributed by atoms with Gasteiger partial charge in [-0.2, -0.15) is 0 Å². The lowest BCUT2D eigenvalue weighted by Crippen LogP contribution is -2.30. The molecule has 0 radical (unpaired) electrons. The van der Waals surface area contributed by atoms with Crippen LogP contribution in [0.25, 0.3) is 0 Å². The number of carbonyl (C=O) groups excluding carboxylic acids is 1. The third-order valence-electron chi connectivity index (χ3n) is 3.05. The van der Waals surface area contributed by atoms with Gasteiger partial charge < -0.3 is 15.2 Å². The van der Waals surface area contributed by atoms with Gasteiger partial charge in [-0.05, 0) is 31.0 Å². The van der Waals surface area contributed by atoms with E-state index in [-0.39, 0.29) is 34.8 Å². The lowest BCUT2D eigenvalue weighted by atomic mass is 10.3. The second kappa shape index (κ2) is 10.5. The van der Waals surface area contributed by atoms with Crippen LogP contribution in [0.2, 0.25) is 5.02 Å². The summed E-state index contributed by atoms with van der Waals surface area (Å²) in [7, 11) is -3.61. The minimum absolute atomic E-state index is 0.00477. The molecule has 24 heavy (non-hydrogen) atoms. The van der Waals surface area contributed by atoms with E-state index in [1.165, 1.54) is 18.2 Å². The van der Waals surface area contributed by atoms with Crippen molar-refractivity contribution >= 4 is 27.5 Å². The molecule has 0 aromatic heterocycles. The lowest BCUT2D eigenvalue weighted by Gasteiger charge is -2.11. The average molecular weight is 379 g/mol. The Hall–Kier alpha value is -1.35. The zero-order chi connectivity index (χ0) is 18.0. The van der Waals surface area contributed by atoms with E-state index in [9.17, 15) is 13.2 Å². The summed E-state index contributed by atoms with van der Waals surface area (Å²) in [6.45, 7) is 2.44. The van der Waals surface area contributed by atoms with Crippen molar-refractivity contribution < 1.29 is 23.1 Å². The summed E-state index contributed by atoms with van der Waals surface area (Å²) in [6.07, 6.45) is 2.10. The van der Waals surface area contributed by atoms with E-state index >= 15 is 0 Å². The first-order valence-corrected chi connectivity index (χ1v) is 9.56. The Morgan fingerprint density at radius 1 is 1.29 bits per heavy atom. The molecule has 7 nitrogen and oxygen atoms in total. The highest BCUT2D eigenvalue weighted by Gasteiger charge is 2.16. The number of aliphatic hydroxyl groups is 1. The van der Waals surface area contributed by atoms with E-state index in [1.807, 2.05) is 6.92 Å². The van der Waals surface area contributed by atoms with Gasteiger partial charge in [0.15, 0.2) is 6.61 Å². The van der Waals surface area contributed by atoms with E-state index in [2.05, 4.69) is 10.0 Å². The minimum atomic E-state index is -3.61. The van der Waals surface area contributed by atoms with Crippen LogP contribution in [0.5, 0.6) is 5.75 Å². The van der Waals surface area contributed by atoms with Gasteiger partial charge in [-0.25, -0.2) is 13.1 Å². The molecule has 0 aliphatic rings. The minimum Gasteiger partial charge on any atom is -0.482 e. The Balaban J connectivity index is 2.62. The van der Waals surface area contributed by atoms with E-state index in [0.29, 0.717) is 19.5 Å². The van der Waals surface area contributed by atoms with Crippen molar-refractivity contribution in [3.05, 3.63) is 23.2 Å². The number of rotatable bonds is 11. The number of hydrogen-bond acceptors (Lipinski definition) is 5. The molecule has 0 spiro atoms. The fourth-order valence-electron chi connectivity index (χ4n) is 1.73. The first-order valence-electron chi connectivity index (χ1n) is 7.70. The normalized spacial score (nSPS) is 11.3. The van der Waals surface area contributed by atoms with Crippen LogP contribution in [0.3, 0.4) is 0 Å². The maximum Gasteiger partial charge on any atom is 0.257 e. The molecule has 0 atom stereocenters. The first-order chi connectivity index (χ1) is 11.4. The number of carbonyl (C=O) groups is 1. The fourth-order valence-corrected chi connectivity index (χ4v) is 3.13. The van der Waals surface area contributed by atoms with E-state index in [1.54, 1.807) is 0 Å². The van der Waals surface area contributed by atoms with Crippen LogP contribution in [0.1, 0.15) is 26.2 Å². The number of nitrogens with one attached hydrogen (secondary N) is 2. The molecule has 0 heterocycles. The monoisotopic (exact) mass is 378 g/mol. The van der Waals surface area contributed by atoms with Gasteiger partial charge in [0.1, 0.15) is 5.75 Å². The zero-order valence-electron chi connectivity index (χ0n) is 13.5. The molecule has 1 aromatic carbocycles. The summed E-state index contributed by atoms with van der Waals surface area (Å²) in [4.78, 5) is 11.6. The average Bonchev–Trinajstić information content (AvgIpc) is 2.54. The molecule has 1 aromatic rings. The van der Waals surface area contributed by atoms with Crippen molar-refractivity contribution in [1.82, 2.24) is 10.0 Å². The van der Waals surface area contributed by atoms with E-state index < -0.39 is 10.0 Å². The molecule has 0 fully saturated rings. The lowest BCUT2D eigenvalue weighted by molar-refractivity contribution is -0.123. The standard InChI is InChI=1S/C15H23ClN2O5S/c1-2-3-8-18-24(21,22)12-5-6-14(13(16)10-12)23-11-15(20)17-7-4-9-19/h5-6,10,18-19H,2-4,7-9,11H2,1H3,(H,17,20). The second-order valence-corrected chi connectivity index (χ2v) is 7.23. The first kappa shape index (κ1) is 20.7. The molecule has 0 saturated heterocycles. The van der Waals surface area contributed by atoms with E-state index in [0.717, 1.165) is 12.8 Å². The van der Waals surface area contributed by atoms with Gasteiger partial charge in [0.25, 0.3) is 5.91 Å². The molecule has 1 amide bonds. The molecular formula is C15H23ClN2O5S. The quantitative estimate of drug-likeness (QED) is 0.503. The molecular weight excluding hydrogens is 356 g/mol. The number of amides is 1. The predicted octanol–water partition coefficient (Wildman–Crippen LogP) is 1.30. The Morgan fingerprint density at radius 2 is 2.04 bits per heavy atom. The molecule has 1 rings (SSSR count). The third kappa shape index (κ3) is 7.04. The SMILES string of the molecule is CCCCNS(=O)(=O)c1ccc(OCC(=O)NCCCO)c(Cl)c1. The van der Waals surface area contributed by atoms with Crippen LogP contribution in [0, 0.1) is 0 Å². The molecule has 0 bridgehead atoms. The maximum absolute atomic E-state index is 12.1. The summed E-state index contributed by atoms with van der Waals surface area (Å²) in [5.41, 5.74) is 0. The smallest absolute Gasteiger partial charge is 0.257 e. The van der Waals surface area contributed by atoms with Crippen molar-refractivity contribution in [2.75, 3.05) is 26.3 Å². The van der Waals surface area contributed by atoms with Gasteiger partial charge in [0.2, 0.25) is 10.0 Å². The highest BCUT2D eigenvalue weighted by Crippen LogP contribution is 2.27. The van der Waals surface area contributed by atoms with Gasteiger partial charge in [-0.15, -0.1) is 0 Å². The molecule has 0 saturated carbocycles. The molecule has 0 aliphatic carbocycles. The Bertz CT molecular complexity index is 637. The summed E-state index contributed by atoms with van der Waals surface area (Å²) in [6, 6.07) is 4.08. The van der Waals surface area contributed by atoms with Crippen LogP contribution >= 0.6 is 11.6 Å². The van der Waals surface area contributed by atoms with Crippen molar-refractivity contribution in [3.63, 3.8) is 0 Å². The number of ether oxygens (including phenoxy) is 1. The maximum atomic E-state index is 12.1. The number of sulfonamides is 1. The van der Waals surface area contributed by atoms with Gasteiger partial charge in [-0.1, -0.05) is 24.9 Å². The van der Waals surface area contributed by atoms with Crippen LogP contribution in [0.15, 0.2) is 23.1 Å². The number of aliphatic hydroxyl groups excluding tert-OH is 1. The Kier molecular flexibility index (Phi) is 9.05. The summed E-state index contributed by atoms with van der Waals surface area (Å²) >= 11 is 6.03. The third-order valence-corrected chi connectivity index (χ3v) is 4.81. The number of unbranched alkanes of at least 4 members (excludes halogenated alkanes) is 1. The summed E-state index contributed by atoms with van der Waals surface area (Å²) in [5.74, 6) is -0.126. The van der Waals surface area contributed by atoms with Gasteiger partial charge in [0, 0.05) is 19.7 Å². The fraction of sp³-hybridized carbons (Fsp3) is 0.533. The van der Waals surface area contributed by atoms with Gasteiger partial charge >= 0.3 is 0 Å². The number of hydrogen-bond donors (Lipinski definition) is 3. The topological polar surface area (TPSA) is 105 Å². The number of benzene rings is 1. The number of halogens is 1. The van der Waals surface area contributed by atoms with Gasteiger partial charge in [-0.3, -0.25) is 4.79 Å². The van der Waals surface area contributed by atoms with Crippen molar-refractivity contribution in [3.8, 4) is 5.75 Å². The predicted molar refractivity (Wildman–Crippen MR) is 91.8 cm³/mol. The van der Waals surface area contributed by atoms with Crippen LogP contribution in [-0.4, -0.2) is 45.7 Å². The van der Waals surface area contributed by atoms with Crippen molar-refractivity contribution in [1.29, 1.82) is 0 Å². The largest absolute Gasteiger partial charge is 0.482 e. The summed E-state index contributed by atoms with van der Waals surface area (Å²) in [5, 5.41) is 11.3. The molecule has 136 valence electrons. The van der Waals surface area contributed by atoms with Crippen LogP contribution in [-0.2, 0) is 14.8 Å². The Morgan fingerprint density at radius 3 is 2.67 bits per heavy atom. The zero-order valence-corrected chi connectivity index (χ0v) is 15.1. The van der Waals surface area contributed by atoms with Crippen molar-refractivity contribution in [2.45, 2.75) is 31.1 Å². The molecule has 9 heteroatoms.